The lowest BCUT2D eigenvalue weighted by Crippen LogP contribution is -2.37. The highest BCUT2D eigenvalue weighted by atomic mass is 16.4. The van der Waals surface area contributed by atoms with Gasteiger partial charge in [0.15, 0.2) is 0 Å². The molecule has 0 saturated carbocycles. The smallest absolute Gasteiger partial charge is 0.315 e. The van der Waals surface area contributed by atoms with Gasteiger partial charge in [0.05, 0.1) is 17.9 Å². The summed E-state index contributed by atoms with van der Waals surface area (Å²) in [5.74, 6) is -0.877. The average Bonchev–Trinajstić information content (AvgIpc) is 3.02. The Kier molecular flexibility index (Phi) is 5.67. The quantitative estimate of drug-likeness (QED) is 0.670. The standard InChI is InChI=1S/C15H19N5O3/c1-11(17-15(23)16-9-5-8-14(21)22)13-10-20(19-18-13)12-6-3-2-4-7-12/h2-4,6-7,10-11H,5,8-9H2,1H3,(H,21,22)(H2,16,17,23). The zero-order valence-electron chi connectivity index (χ0n) is 12.8. The Bertz CT molecular complexity index is 656. The fourth-order valence-electron chi connectivity index (χ4n) is 1.95. The molecule has 1 atom stereocenters. The van der Waals surface area contributed by atoms with Crippen molar-refractivity contribution in [3.8, 4) is 5.69 Å². The van der Waals surface area contributed by atoms with Crippen LogP contribution >= 0.6 is 0 Å². The molecule has 0 aliphatic carbocycles. The van der Waals surface area contributed by atoms with E-state index >= 15 is 0 Å². The molecule has 2 amide bonds. The predicted molar refractivity (Wildman–Crippen MR) is 83.2 cm³/mol. The number of nitrogens with one attached hydrogen (secondary N) is 2. The summed E-state index contributed by atoms with van der Waals surface area (Å²) < 4.78 is 1.64. The van der Waals surface area contributed by atoms with Crippen molar-refractivity contribution >= 4 is 12.0 Å². The summed E-state index contributed by atoms with van der Waals surface area (Å²) in [6.45, 7) is 2.11. The minimum Gasteiger partial charge on any atom is -0.481 e. The van der Waals surface area contributed by atoms with Gasteiger partial charge in [-0.25, -0.2) is 9.48 Å². The molecule has 1 aromatic carbocycles. The Morgan fingerprint density at radius 3 is 2.74 bits per heavy atom. The molecule has 0 bridgehead atoms. The highest BCUT2D eigenvalue weighted by Crippen LogP contribution is 2.11. The van der Waals surface area contributed by atoms with Crippen molar-refractivity contribution in [2.24, 2.45) is 0 Å². The molecule has 2 aromatic rings. The molecule has 8 heteroatoms. The minimum atomic E-state index is -0.877. The van der Waals surface area contributed by atoms with Crippen LogP contribution < -0.4 is 10.6 Å². The van der Waals surface area contributed by atoms with Gasteiger partial charge in [-0.2, -0.15) is 0 Å². The molecule has 1 heterocycles. The molecule has 0 spiro atoms. The number of carbonyl (C=O) groups excluding carboxylic acids is 1. The zero-order chi connectivity index (χ0) is 16.7. The van der Waals surface area contributed by atoms with Crippen molar-refractivity contribution in [1.82, 2.24) is 25.6 Å². The fourth-order valence-corrected chi connectivity index (χ4v) is 1.95. The first-order chi connectivity index (χ1) is 11.1. The van der Waals surface area contributed by atoms with E-state index in [4.69, 9.17) is 5.11 Å². The van der Waals surface area contributed by atoms with Crippen LogP contribution in [0.4, 0.5) is 4.79 Å². The van der Waals surface area contributed by atoms with Crippen LogP contribution in [0.25, 0.3) is 5.69 Å². The third kappa shape index (κ3) is 5.10. The SMILES string of the molecule is CC(NC(=O)NCCCC(=O)O)c1cn(-c2ccccc2)nn1. The van der Waals surface area contributed by atoms with Crippen LogP contribution in [0.15, 0.2) is 36.5 Å². The summed E-state index contributed by atoms with van der Waals surface area (Å²) in [6.07, 6.45) is 2.17. The lowest BCUT2D eigenvalue weighted by molar-refractivity contribution is -0.137. The molecule has 1 aromatic heterocycles. The van der Waals surface area contributed by atoms with Crippen molar-refractivity contribution in [3.05, 3.63) is 42.2 Å². The first-order valence-corrected chi connectivity index (χ1v) is 7.30. The predicted octanol–water partition coefficient (Wildman–Crippen LogP) is 1.49. The average molecular weight is 317 g/mol. The highest BCUT2D eigenvalue weighted by molar-refractivity contribution is 5.74. The number of carboxylic acids is 1. The maximum Gasteiger partial charge on any atom is 0.315 e. The van der Waals surface area contributed by atoms with Crippen molar-refractivity contribution in [1.29, 1.82) is 0 Å². The molecule has 0 saturated heterocycles. The second-order valence-corrected chi connectivity index (χ2v) is 5.04. The van der Waals surface area contributed by atoms with Gasteiger partial charge in [-0.1, -0.05) is 23.4 Å². The van der Waals surface area contributed by atoms with Gasteiger partial charge >= 0.3 is 12.0 Å². The number of nitrogens with zero attached hydrogens (tertiary/aromatic N) is 3. The summed E-state index contributed by atoms with van der Waals surface area (Å²) >= 11 is 0. The number of para-hydroxylation sites is 1. The van der Waals surface area contributed by atoms with Crippen LogP contribution in [-0.2, 0) is 4.79 Å². The maximum atomic E-state index is 11.7. The van der Waals surface area contributed by atoms with Gasteiger partial charge in [-0.15, -0.1) is 5.10 Å². The molecule has 0 aliphatic rings. The fraction of sp³-hybridized carbons (Fsp3) is 0.333. The monoisotopic (exact) mass is 317 g/mol. The van der Waals surface area contributed by atoms with Gasteiger partial charge in [-0.3, -0.25) is 4.79 Å². The number of hydrogen-bond acceptors (Lipinski definition) is 4. The molecule has 8 nitrogen and oxygen atoms in total. The van der Waals surface area contributed by atoms with Crippen molar-refractivity contribution < 1.29 is 14.7 Å². The van der Waals surface area contributed by atoms with E-state index in [-0.39, 0.29) is 18.5 Å². The van der Waals surface area contributed by atoms with E-state index in [9.17, 15) is 9.59 Å². The van der Waals surface area contributed by atoms with E-state index in [1.807, 2.05) is 30.3 Å². The van der Waals surface area contributed by atoms with Crippen LogP contribution in [0.5, 0.6) is 0 Å². The number of aromatic nitrogens is 3. The third-order valence-electron chi connectivity index (χ3n) is 3.18. The Morgan fingerprint density at radius 1 is 1.30 bits per heavy atom. The Balaban J connectivity index is 1.84. The number of carbonyl (C=O) groups is 2. The minimum absolute atomic E-state index is 0.0290. The van der Waals surface area contributed by atoms with Crippen LogP contribution in [-0.4, -0.2) is 38.6 Å². The van der Waals surface area contributed by atoms with E-state index in [2.05, 4.69) is 20.9 Å². The molecule has 1 unspecified atom stereocenters. The number of benzene rings is 1. The van der Waals surface area contributed by atoms with Crippen LogP contribution in [0.1, 0.15) is 31.5 Å². The van der Waals surface area contributed by atoms with E-state index in [1.54, 1.807) is 17.8 Å². The molecule has 0 radical (unpaired) electrons. The Hall–Kier alpha value is -2.90. The lowest BCUT2D eigenvalue weighted by atomic mass is 10.2. The number of amides is 2. The number of hydrogen-bond donors (Lipinski definition) is 3. The van der Waals surface area contributed by atoms with Crippen LogP contribution in [0.2, 0.25) is 0 Å². The maximum absolute atomic E-state index is 11.7. The third-order valence-corrected chi connectivity index (χ3v) is 3.18. The van der Waals surface area contributed by atoms with Gasteiger partial charge in [0.25, 0.3) is 0 Å². The summed E-state index contributed by atoms with van der Waals surface area (Å²) in [4.78, 5) is 22.1. The number of carboxylic acid groups (broad SMARTS) is 1. The van der Waals surface area contributed by atoms with Gasteiger partial charge in [-0.05, 0) is 25.5 Å². The summed E-state index contributed by atoms with van der Waals surface area (Å²) in [5.41, 5.74) is 1.52. The zero-order valence-corrected chi connectivity index (χ0v) is 12.8. The molecule has 23 heavy (non-hydrogen) atoms. The first-order valence-electron chi connectivity index (χ1n) is 7.30. The van der Waals surface area contributed by atoms with Gasteiger partial charge in [0.2, 0.25) is 0 Å². The second kappa shape index (κ2) is 7.92. The van der Waals surface area contributed by atoms with E-state index in [0.717, 1.165) is 5.69 Å². The van der Waals surface area contributed by atoms with Crippen molar-refractivity contribution in [2.45, 2.75) is 25.8 Å². The van der Waals surface area contributed by atoms with Crippen molar-refractivity contribution in [2.75, 3.05) is 6.54 Å². The number of urea groups is 1. The molecular weight excluding hydrogens is 298 g/mol. The Labute approximate surface area is 133 Å². The molecule has 3 N–H and O–H groups in total. The molecule has 2 rings (SSSR count). The lowest BCUT2D eigenvalue weighted by Gasteiger charge is -2.11. The van der Waals surface area contributed by atoms with E-state index in [0.29, 0.717) is 18.7 Å². The molecule has 122 valence electrons. The number of rotatable bonds is 7. The van der Waals surface area contributed by atoms with Gasteiger partial charge in [0.1, 0.15) is 5.69 Å². The van der Waals surface area contributed by atoms with E-state index < -0.39 is 5.97 Å². The topological polar surface area (TPSA) is 109 Å². The van der Waals surface area contributed by atoms with Crippen LogP contribution in [0, 0.1) is 0 Å². The molecule has 0 aliphatic heterocycles. The molecular formula is C15H19N5O3. The largest absolute Gasteiger partial charge is 0.481 e. The normalized spacial score (nSPS) is 11.7. The number of aliphatic carboxylic acids is 1. The Morgan fingerprint density at radius 2 is 2.04 bits per heavy atom. The summed E-state index contributed by atoms with van der Waals surface area (Å²) in [6, 6.07) is 8.87. The molecule has 0 fully saturated rings. The van der Waals surface area contributed by atoms with Gasteiger partial charge < -0.3 is 15.7 Å². The van der Waals surface area contributed by atoms with Crippen molar-refractivity contribution in [3.63, 3.8) is 0 Å². The summed E-state index contributed by atoms with van der Waals surface area (Å²) in [7, 11) is 0. The summed E-state index contributed by atoms with van der Waals surface area (Å²) in [5, 5.41) is 22.0. The van der Waals surface area contributed by atoms with Gasteiger partial charge in [0, 0.05) is 13.0 Å². The first kappa shape index (κ1) is 16.5. The second-order valence-electron chi connectivity index (χ2n) is 5.04. The highest BCUT2D eigenvalue weighted by Gasteiger charge is 2.13. The van der Waals surface area contributed by atoms with E-state index in [1.165, 1.54) is 0 Å². The van der Waals surface area contributed by atoms with Crippen LogP contribution in [0.3, 0.4) is 0 Å².